The van der Waals surface area contributed by atoms with Crippen LogP contribution >= 0.6 is 34.8 Å². The number of nitrogens with one attached hydrogen (secondary N) is 1. The maximum absolute atomic E-state index is 6.04. The van der Waals surface area contributed by atoms with Crippen LogP contribution in [0.25, 0.3) is 0 Å². The van der Waals surface area contributed by atoms with E-state index in [1.165, 1.54) is 0 Å². The van der Waals surface area contributed by atoms with Crippen LogP contribution in [0.3, 0.4) is 0 Å². The molecule has 4 nitrogen and oxygen atoms in total. The first-order chi connectivity index (χ1) is 8.06. The maximum atomic E-state index is 6.04. The number of hydrogen-bond donors (Lipinski definition) is 1. The van der Waals surface area contributed by atoms with Crippen molar-refractivity contribution in [2.45, 2.75) is 6.92 Å². The zero-order valence-electron chi connectivity index (χ0n) is 8.71. The van der Waals surface area contributed by atoms with Crippen molar-refractivity contribution >= 4 is 46.3 Å². The van der Waals surface area contributed by atoms with E-state index < -0.39 is 0 Å². The van der Waals surface area contributed by atoms with Crippen LogP contribution in [0, 0.1) is 6.92 Å². The third-order valence-electron chi connectivity index (χ3n) is 1.99. The Kier molecular flexibility index (Phi) is 3.66. The average molecular weight is 290 g/mol. The summed E-state index contributed by atoms with van der Waals surface area (Å²) >= 11 is 17.5. The Hall–Kier alpha value is -1.10. The first-order valence-electron chi connectivity index (χ1n) is 4.65. The van der Waals surface area contributed by atoms with E-state index >= 15 is 0 Å². The lowest BCUT2D eigenvalue weighted by molar-refractivity contribution is 0.974. The van der Waals surface area contributed by atoms with Gasteiger partial charge < -0.3 is 5.32 Å². The van der Waals surface area contributed by atoms with Gasteiger partial charge in [0.25, 0.3) is 0 Å². The molecule has 0 radical (unpaired) electrons. The lowest BCUT2D eigenvalue weighted by atomic mass is 10.2. The molecule has 1 aromatic carbocycles. The predicted octanol–water partition coefficient (Wildman–Crippen LogP) is 3.88. The largest absolute Gasteiger partial charge is 0.336 e. The normalized spacial score (nSPS) is 10.4. The number of benzene rings is 1. The summed E-state index contributed by atoms with van der Waals surface area (Å²) in [7, 11) is 0. The average Bonchev–Trinajstić information content (AvgIpc) is 2.28. The third kappa shape index (κ3) is 2.97. The number of aryl methyl sites for hydroxylation is 1. The van der Waals surface area contributed by atoms with Crippen molar-refractivity contribution in [1.29, 1.82) is 0 Å². The third-order valence-corrected chi connectivity index (χ3v) is 2.74. The molecular weight excluding hydrogens is 282 g/mol. The zero-order valence-corrected chi connectivity index (χ0v) is 11.0. The molecule has 17 heavy (non-hydrogen) atoms. The van der Waals surface area contributed by atoms with Gasteiger partial charge in [-0.1, -0.05) is 29.3 Å². The topological polar surface area (TPSA) is 50.7 Å². The SMILES string of the molecule is Cc1ccc(Cl)c(Nc2nc(Cl)nnc2Cl)c1. The highest BCUT2D eigenvalue weighted by Gasteiger charge is 2.08. The maximum Gasteiger partial charge on any atom is 0.245 e. The van der Waals surface area contributed by atoms with Crippen LogP contribution in [0.4, 0.5) is 11.5 Å². The second-order valence-electron chi connectivity index (χ2n) is 3.33. The van der Waals surface area contributed by atoms with Crippen molar-refractivity contribution in [1.82, 2.24) is 15.2 Å². The Labute approximate surface area is 113 Å². The molecule has 0 amide bonds. The minimum absolute atomic E-state index is 0.0145. The summed E-state index contributed by atoms with van der Waals surface area (Å²) in [6, 6.07) is 5.55. The monoisotopic (exact) mass is 288 g/mol. The molecule has 0 aliphatic heterocycles. The van der Waals surface area contributed by atoms with Crippen LogP contribution in [-0.2, 0) is 0 Å². The van der Waals surface area contributed by atoms with Crippen LogP contribution < -0.4 is 5.32 Å². The molecule has 2 aromatic rings. The minimum atomic E-state index is 0.0145. The first kappa shape index (κ1) is 12.4. The highest BCUT2D eigenvalue weighted by Crippen LogP contribution is 2.28. The Morgan fingerprint density at radius 2 is 1.88 bits per heavy atom. The second kappa shape index (κ2) is 5.04. The number of halogens is 3. The van der Waals surface area contributed by atoms with E-state index in [1.807, 2.05) is 19.1 Å². The Balaban J connectivity index is 2.37. The summed E-state index contributed by atoms with van der Waals surface area (Å²) in [5, 5.41) is 10.8. The van der Waals surface area contributed by atoms with Gasteiger partial charge in [-0.2, -0.15) is 4.98 Å². The molecule has 1 heterocycles. The highest BCUT2D eigenvalue weighted by atomic mass is 35.5. The molecule has 0 spiro atoms. The molecule has 0 unspecified atom stereocenters. The van der Waals surface area contributed by atoms with Crippen molar-refractivity contribution < 1.29 is 0 Å². The van der Waals surface area contributed by atoms with Crippen LogP contribution in [0.2, 0.25) is 15.5 Å². The van der Waals surface area contributed by atoms with Gasteiger partial charge in [0.15, 0.2) is 11.0 Å². The number of anilines is 2. The lowest BCUT2D eigenvalue weighted by Crippen LogP contribution is -1.99. The standard InChI is InChI=1S/C10H7Cl3N4/c1-5-2-3-6(11)7(4-5)14-9-8(12)16-17-10(13)15-9/h2-4H,1H3,(H,14,15,17). The number of rotatable bonds is 2. The van der Waals surface area contributed by atoms with Crippen LogP contribution in [0.5, 0.6) is 0 Å². The quantitative estimate of drug-likeness (QED) is 0.911. The van der Waals surface area contributed by atoms with Gasteiger partial charge >= 0.3 is 0 Å². The van der Waals surface area contributed by atoms with Crippen molar-refractivity contribution in [3.05, 3.63) is 39.2 Å². The summed E-state index contributed by atoms with van der Waals surface area (Å²) in [5.74, 6) is 0.319. The van der Waals surface area contributed by atoms with E-state index in [0.717, 1.165) is 5.56 Å². The van der Waals surface area contributed by atoms with E-state index in [2.05, 4.69) is 20.5 Å². The van der Waals surface area contributed by atoms with Gasteiger partial charge in [0, 0.05) is 0 Å². The molecule has 0 fully saturated rings. The summed E-state index contributed by atoms with van der Waals surface area (Å²) in [5.41, 5.74) is 1.74. The summed E-state index contributed by atoms with van der Waals surface area (Å²) in [4.78, 5) is 3.93. The lowest BCUT2D eigenvalue weighted by Gasteiger charge is -2.08. The fraction of sp³-hybridized carbons (Fsp3) is 0.100. The summed E-state index contributed by atoms with van der Waals surface area (Å²) in [6.45, 7) is 1.95. The number of nitrogens with zero attached hydrogens (tertiary/aromatic N) is 3. The van der Waals surface area contributed by atoms with Gasteiger partial charge in [-0.3, -0.25) is 0 Å². The summed E-state index contributed by atoms with van der Waals surface area (Å²) < 4.78 is 0. The van der Waals surface area contributed by atoms with E-state index in [0.29, 0.717) is 16.5 Å². The molecule has 0 aliphatic carbocycles. The Morgan fingerprint density at radius 3 is 2.65 bits per heavy atom. The molecule has 0 saturated heterocycles. The van der Waals surface area contributed by atoms with Crippen molar-refractivity contribution in [3.63, 3.8) is 0 Å². The van der Waals surface area contributed by atoms with Gasteiger partial charge in [-0.05, 0) is 36.2 Å². The molecule has 1 aromatic heterocycles. The molecule has 7 heteroatoms. The van der Waals surface area contributed by atoms with E-state index in [4.69, 9.17) is 34.8 Å². The van der Waals surface area contributed by atoms with Gasteiger partial charge in [0.2, 0.25) is 5.28 Å². The summed E-state index contributed by atoms with van der Waals surface area (Å²) in [6.07, 6.45) is 0. The van der Waals surface area contributed by atoms with Crippen LogP contribution in [0.15, 0.2) is 18.2 Å². The number of aromatic nitrogens is 3. The van der Waals surface area contributed by atoms with Gasteiger partial charge in [-0.25, -0.2) is 0 Å². The smallest absolute Gasteiger partial charge is 0.245 e. The minimum Gasteiger partial charge on any atom is -0.336 e. The molecule has 2 rings (SSSR count). The van der Waals surface area contributed by atoms with Crippen molar-refractivity contribution in [3.8, 4) is 0 Å². The van der Waals surface area contributed by atoms with Crippen molar-refractivity contribution in [2.75, 3.05) is 5.32 Å². The predicted molar refractivity (Wildman–Crippen MR) is 69.3 cm³/mol. The number of hydrogen-bond acceptors (Lipinski definition) is 4. The Bertz CT molecular complexity index is 510. The molecule has 0 saturated carbocycles. The molecule has 0 atom stereocenters. The van der Waals surface area contributed by atoms with E-state index in [1.54, 1.807) is 6.07 Å². The van der Waals surface area contributed by atoms with E-state index in [9.17, 15) is 0 Å². The molecular formula is C10H7Cl3N4. The zero-order chi connectivity index (χ0) is 12.4. The fourth-order valence-electron chi connectivity index (χ4n) is 1.24. The first-order valence-corrected chi connectivity index (χ1v) is 5.78. The Morgan fingerprint density at radius 1 is 1.12 bits per heavy atom. The molecule has 0 aliphatic rings. The molecule has 1 N–H and O–H groups in total. The van der Waals surface area contributed by atoms with Gasteiger partial charge in [0.05, 0.1) is 10.7 Å². The second-order valence-corrected chi connectivity index (χ2v) is 4.43. The van der Waals surface area contributed by atoms with Crippen LogP contribution in [0.1, 0.15) is 5.56 Å². The molecule has 88 valence electrons. The van der Waals surface area contributed by atoms with Crippen molar-refractivity contribution in [2.24, 2.45) is 0 Å². The van der Waals surface area contributed by atoms with Gasteiger partial charge in [0.1, 0.15) is 0 Å². The van der Waals surface area contributed by atoms with E-state index in [-0.39, 0.29) is 10.4 Å². The fourth-order valence-corrected chi connectivity index (χ4v) is 1.65. The van der Waals surface area contributed by atoms with Gasteiger partial charge in [-0.15, -0.1) is 10.2 Å². The van der Waals surface area contributed by atoms with Crippen LogP contribution in [-0.4, -0.2) is 15.2 Å². The molecule has 0 bridgehead atoms. The highest BCUT2D eigenvalue weighted by molar-refractivity contribution is 6.34.